The number of para-hydroxylation sites is 1. The molecular weight excluding hydrogens is 517 g/mol. The van der Waals surface area contributed by atoms with E-state index in [1.54, 1.807) is 18.2 Å². The molecule has 17 heteroatoms. The minimum Gasteiger partial charge on any atom is -0.494 e. The minimum atomic E-state index is -2.03. The van der Waals surface area contributed by atoms with Crippen molar-refractivity contribution in [3.05, 3.63) is 35.8 Å². The molecule has 1 aliphatic carbocycles. The van der Waals surface area contributed by atoms with Gasteiger partial charge in [0.05, 0.1) is 60.6 Å². The van der Waals surface area contributed by atoms with Crippen molar-refractivity contribution in [3.8, 4) is 17.2 Å². The highest BCUT2D eigenvalue weighted by Gasteiger charge is 2.30. The number of aliphatic hydroxyl groups excluding tert-OH is 1. The predicted octanol–water partition coefficient (Wildman–Crippen LogP) is -0.875. The Hall–Kier alpha value is -4.40. The standard InChI is InChI=1S/C23H23B3N8O6/c1-39-19-12(22-30-16(34-40-22)10-17(36)27-7-8-35)3-2-4-13(19)28-14-9-15(29-20(37)11-5-6-11)32-33-18(14)21(38)31-23(24,25)26/h2-4,9,11,35H,5-8,10H2,1H3,(H,27,36)(H,31,38)(H2,28,29,32,37). The van der Waals surface area contributed by atoms with Crippen LogP contribution in [0.2, 0.25) is 0 Å². The maximum absolute atomic E-state index is 12.8. The van der Waals surface area contributed by atoms with E-state index in [9.17, 15) is 14.4 Å². The lowest BCUT2D eigenvalue weighted by Crippen LogP contribution is -2.50. The van der Waals surface area contributed by atoms with Gasteiger partial charge >= 0.3 is 0 Å². The van der Waals surface area contributed by atoms with Gasteiger partial charge in [-0.15, -0.1) is 10.2 Å². The molecule has 0 aliphatic heterocycles. The number of anilines is 3. The van der Waals surface area contributed by atoms with Crippen LogP contribution in [0.15, 0.2) is 28.8 Å². The van der Waals surface area contributed by atoms with Crippen LogP contribution >= 0.6 is 0 Å². The predicted molar refractivity (Wildman–Crippen MR) is 144 cm³/mol. The fraction of sp³-hybridized carbons (Fsp3) is 0.348. The normalized spacial score (nSPS) is 12.8. The first-order chi connectivity index (χ1) is 19.1. The van der Waals surface area contributed by atoms with Gasteiger partial charge in [0.1, 0.15) is 0 Å². The van der Waals surface area contributed by atoms with Gasteiger partial charge in [-0.2, -0.15) is 4.98 Å². The molecule has 14 nitrogen and oxygen atoms in total. The van der Waals surface area contributed by atoms with E-state index < -0.39 is 11.1 Å². The molecule has 1 saturated carbocycles. The van der Waals surface area contributed by atoms with E-state index >= 15 is 0 Å². The molecule has 200 valence electrons. The first kappa shape index (κ1) is 28.6. The van der Waals surface area contributed by atoms with Gasteiger partial charge in [-0.3, -0.25) is 14.4 Å². The van der Waals surface area contributed by atoms with Gasteiger partial charge in [0.15, 0.2) is 23.1 Å². The summed E-state index contributed by atoms with van der Waals surface area (Å²) in [5, 5.41) is 28.9. The summed E-state index contributed by atoms with van der Waals surface area (Å²) >= 11 is 0. The maximum atomic E-state index is 12.8. The number of rotatable bonds is 12. The SMILES string of the molecule is [B]C([B])([B])NC(=O)c1nnc(NC(=O)C2CC2)cc1Nc1cccc(-c2nc(CC(=O)NCCO)no2)c1OC. The third kappa shape index (κ3) is 7.37. The fourth-order valence-electron chi connectivity index (χ4n) is 3.55. The largest absolute Gasteiger partial charge is 0.494 e. The Morgan fingerprint density at radius 1 is 1.18 bits per heavy atom. The van der Waals surface area contributed by atoms with E-state index in [4.69, 9.17) is 37.9 Å². The zero-order chi connectivity index (χ0) is 28.9. The molecule has 0 saturated heterocycles. The van der Waals surface area contributed by atoms with Crippen LogP contribution in [-0.4, -0.2) is 92.2 Å². The molecule has 1 fully saturated rings. The second kappa shape index (κ2) is 12.2. The van der Waals surface area contributed by atoms with Gasteiger partial charge < -0.3 is 35.6 Å². The van der Waals surface area contributed by atoms with Crippen molar-refractivity contribution >= 4 is 58.5 Å². The number of carbonyl (C=O) groups excluding carboxylic acids is 3. The molecule has 0 atom stereocenters. The second-order valence-electron chi connectivity index (χ2n) is 8.92. The van der Waals surface area contributed by atoms with Crippen LogP contribution in [0, 0.1) is 5.92 Å². The highest BCUT2D eigenvalue weighted by molar-refractivity contribution is 6.60. The number of hydrogen-bond donors (Lipinski definition) is 5. The Morgan fingerprint density at radius 3 is 2.62 bits per heavy atom. The van der Waals surface area contributed by atoms with Gasteiger partial charge in [-0.05, 0) is 25.0 Å². The number of ether oxygens (including phenoxy) is 1. The van der Waals surface area contributed by atoms with Crippen molar-refractivity contribution < 1.29 is 28.8 Å². The van der Waals surface area contributed by atoms with Gasteiger partial charge in [-0.25, -0.2) is 0 Å². The summed E-state index contributed by atoms with van der Waals surface area (Å²) in [6.07, 6.45) is 1.40. The highest BCUT2D eigenvalue weighted by atomic mass is 16.5. The summed E-state index contributed by atoms with van der Waals surface area (Å²) in [5.74, 6) is -0.989. The Balaban J connectivity index is 1.65. The first-order valence-corrected chi connectivity index (χ1v) is 12.1. The molecule has 1 aliphatic rings. The average molecular weight is 540 g/mol. The molecule has 2 aromatic heterocycles. The molecule has 6 radical (unpaired) electrons. The third-order valence-corrected chi connectivity index (χ3v) is 5.48. The molecule has 40 heavy (non-hydrogen) atoms. The van der Waals surface area contributed by atoms with Gasteiger partial charge in [0.2, 0.25) is 11.8 Å². The van der Waals surface area contributed by atoms with E-state index in [1.165, 1.54) is 13.2 Å². The summed E-state index contributed by atoms with van der Waals surface area (Å²) in [4.78, 5) is 41.3. The zero-order valence-corrected chi connectivity index (χ0v) is 21.4. The molecule has 5 N–H and O–H groups in total. The van der Waals surface area contributed by atoms with Crippen molar-refractivity contribution in [1.29, 1.82) is 0 Å². The number of carbonyl (C=O) groups is 3. The van der Waals surface area contributed by atoms with Crippen LogP contribution in [0.25, 0.3) is 11.5 Å². The summed E-state index contributed by atoms with van der Waals surface area (Å²) in [7, 11) is 18.0. The average Bonchev–Trinajstić information content (AvgIpc) is 3.65. The van der Waals surface area contributed by atoms with Crippen molar-refractivity contribution in [1.82, 2.24) is 31.0 Å². The molecule has 0 spiro atoms. The van der Waals surface area contributed by atoms with Crippen LogP contribution in [0.5, 0.6) is 5.75 Å². The number of methoxy groups -OCH3 is 1. The fourth-order valence-corrected chi connectivity index (χ4v) is 3.55. The molecule has 0 unspecified atom stereocenters. The van der Waals surface area contributed by atoms with E-state index in [2.05, 4.69) is 41.6 Å². The number of nitrogens with one attached hydrogen (secondary N) is 4. The second-order valence-corrected chi connectivity index (χ2v) is 8.92. The quantitative estimate of drug-likeness (QED) is 0.179. The number of aromatic nitrogens is 4. The van der Waals surface area contributed by atoms with Crippen LogP contribution in [0.4, 0.5) is 17.2 Å². The van der Waals surface area contributed by atoms with E-state index in [0.29, 0.717) is 11.3 Å². The van der Waals surface area contributed by atoms with Crippen molar-refractivity contribution in [2.45, 2.75) is 24.5 Å². The molecule has 3 amide bonds. The Labute approximate surface area is 232 Å². The van der Waals surface area contributed by atoms with Gasteiger partial charge in [0, 0.05) is 18.5 Å². The third-order valence-electron chi connectivity index (χ3n) is 5.48. The molecule has 0 bridgehead atoms. The number of nitrogens with zero attached hydrogens (tertiary/aromatic N) is 4. The number of amides is 3. The number of aliphatic hydroxyl groups is 1. The Bertz CT molecular complexity index is 1410. The van der Waals surface area contributed by atoms with E-state index in [0.717, 1.165) is 12.8 Å². The van der Waals surface area contributed by atoms with Crippen molar-refractivity contribution in [2.75, 3.05) is 30.9 Å². The monoisotopic (exact) mass is 540 g/mol. The molecule has 2 heterocycles. The molecule has 1 aromatic carbocycles. The van der Waals surface area contributed by atoms with E-state index in [1.807, 2.05) is 0 Å². The highest BCUT2D eigenvalue weighted by Crippen LogP contribution is 2.38. The van der Waals surface area contributed by atoms with Crippen molar-refractivity contribution in [2.24, 2.45) is 5.92 Å². The summed E-state index contributed by atoms with van der Waals surface area (Å²) in [6, 6.07) is 6.37. The lowest BCUT2D eigenvalue weighted by molar-refractivity contribution is -0.120. The lowest BCUT2D eigenvalue weighted by Gasteiger charge is -2.23. The summed E-state index contributed by atoms with van der Waals surface area (Å²) in [6.45, 7) is -0.0970. The van der Waals surface area contributed by atoms with Crippen LogP contribution < -0.4 is 26.0 Å². The maximum Gasteiger partial charge on any atom is 0.272 e. The Kier molecular flexibility index (Phi) is 8.72. The topological polar surface area (TPSA) is 193 Å². The van der Waals surface area contributed by atoms with Crippen LogP contribution in [-0.2, 0) is 16.0 Å². The summed E-state index contributed by atoms with van der Waals surface area (Å²) < 4.78 is 10.9. The van der Waals surface area contributed by atoms with Gasteiger partial charge in [0.25, 0.3) is 11.8 Å². The van der Waals surface area contributed by atoms with Crippen LogP contribution in [0.3, 0.4) is 0 Å². The number of hydrogen-bond acceptors (Lipinski definition) is 11. The minimum absolute atomic E-state index is 0.0628. The van der Waals surface area contributed by atoms with Gasteiger partial charge in [-0.1, -0.05) is 16.5 Å². The van der Waals surface area contributed by atoms with Crippen LogP contribution in [0.1, 0.15) is 29.2 Å². The lowest BCUT2D eigenvalue weighted by atomic mass is 9.49. The first-order valence-electron chi connectivity index (χ1n) is 12.1. The molecule has 3 aromatic rings. The molecule has 4 rings (SSSR count). The van der Waals surface area contributed by atoms with E-state index in [-0.39, 0.29) is 72.0 Å². The van der Waals surface area contributed by atoms with Crippen molar-refractivity contribution in [3.63, 3.8) is 0 Å². The zero-order valence-electron chi connectivity index (χ0n) is 21.4. The molecular formula is C23H23B3N8O6. The Morgan fingerprint density at radius 2 is 1.95 bits per heavy atom. The summed E-state index contributed by atoms with van der Waals surface area (Å²) in [5.41, 5.74) is 0.616. The number of benzene rings is 1. The smallest absolute Gasteiger partial charge is 0.272 e.